The molecule has 1 saturated heterocycles. The van der Waals surface area contributed by atoms with Crippen molar-refractivity contribution in [3.05, 3.63) is 22.8 Å². The third-order valence-corrected chi connectivity index (χ3v) is 5.41. The molecule has 1 aliphatic heterocycles. The second kappa shape index (κ2) is 4.71. The van der Waals surface area contributed by atoms with Crippen molar-refractivity contribution >= 4 is 31.6 Å². The quantitative estimate of drug-likeness (QED) is 0.866. The Morgan fingerprint density at radius 2 is 2.31 bits per heavy atom. The fourth-order valence-electron chi connectivity index (χ4n) is 1.81. The van der Waals surface area contributed by atoms with Crippen LogP contribution in [0.25, 0.3) is 0 Å². The van der Waals surface area contributed by atoms with Gasteiger partial charge in [-0.2, -0.15) is 0 Å². The summed E-state index contributed by atoms with van der Waals surface area (Å²) >= 11 is 3.27. The molecular formula is C10H13BrN2O2S. The van der Waals surface area contributed by atoms with E-state index in [9.17, 15) is 8.42 Å². The van der Waals surface area contributed by atoms with Crippen molar-refractivity contribution in [2.24, 2.45) is 0 Å². The largest absolute Gasteiger partial charge is 0.369 e. The first-order chi connectivity index (χ1) is 7.58. The molecule has 16 heavy (non-hydrogen) atoms. The number of sulfone groups is 1. The lowest BCUT2D eigenvalue weighted by molar-refractivity contribution is 0.591. The average Bonchev–Trinajstić information content (AvgIpc) is 2.55. The molecule has 1 aliphatic rings. The van der Waals surface area contributed by atoms with Crippen LogP contribution in [0.2, 0.25) is 0 Å². The first-order valence-electron chi connectivity index (χ1n) is 5.16. The topological polar surface area (TPSA) is 59.1 Å². The fraction of sp³-hybridized carbons (Fsp3) is 0.500. The Morgan fingerprint density at radius 1 is 1.50 bits per heavy atom. The Morgan fingerprint density at radius 3 is 2.94 bits per heavy atom. The van der Waals surface area contributed by atoms with Gasteiger partial charge in [0.05, 0.1) is 11.0 Å². The number of nitrogens with one attached hydrogen (secondary N) is 1. The van der Waals surface area contributed by atoms with Gasteiger partial charge in [0.25, 0.3) is 0 Å². The molecule has 2 heterocycles. The van der Waals surface area contributed by atoms with E-state index in [0.717, 1.165) is 17.4 Å². The smallest absolute Gasteiger partial charge is 0.154 e. The highest BCUT2D eigenvalue weighted by Crippen LogP contribution is 2.20. The van der Waals surface area contributed by atoms with Crippen molar-refractivity contribution in [1.82, 2.24) is 4.98 Å². The van der Waals surface area contributed by atoms with Gasteiger partial charge in [0.1, 0.15) is 10.4 Å². The molecule has 0 aromatic carbocycles. The lowest BCUT2D eigenvalue weighted by Gasteiger charge is -2.11. The summed E-state index contributed by atoms with van der Waals surface area (Å²) in [5.74, 6) is 1.03. The van der Waals surface area contributed by atoms with E-state index in [1.54, 1.807) is 0 Å². The lowest BCUT2D eigenvalue weighted by Crippen LogP contribution is -2.25. The summed E-state index contributed by atoms with van der Waals surface area (Å²) in [6.45, 7) is 0.450. The molecule has 2 rings (SSSR count). The molecule has 0 bridgehead atoms. The normalized spacial score (nSPS) is 23.2. The third-order valence-electron chi connectivity index (χ3n) is 2.69. The molecule has 1 atom stereocenters. The molecule has 4 nitrogen and oxygen atoms in total. The molecular weight excluding hydrogens is 292 g/mol. The summed E-state index contributed by atoms with van der Waals surface area (Å²) in [7, 11) is -2.87. The van der Waals surface area contributed by atoms with Crippen LogP contribution >= 0.6 is 15.9 Å². The van der Waals surface area contributed by atoms with E-state index in [1.165, 1.54) is 0 Å². The van der Waals surface area contributed by atoms with Gasteiger partial charge in [0.2, 0.25) is 0 Å². The van der Waals surface area contributed by atoms with Gasteiger partial charge in [-0.05, 0) is 40.9 Å². The average molecular weight is 305 g/mol. The molecule has 0 spiro atoms. The minimum absolute atomic E-state index is 0.256. The van der Waals surface area contributed by atoms with Crippen molar-refractivity contribution in [2.45, 2.75) is 18.1 Å². The maximum atomic E-state index is 11.6. The van der Waals surface area contributed by atoms with Crippen LogP contribution in [0.5, 0.6) is 0 Å². The number of rotatable bonds is 3. The van der Waals surface area contributed by atoms with E-state index < -0.39 is 9.84 Å². The second-order valence-corrected chi connectivity index (χ2v) is 7.07. The van der Waals surface area contributed by atoms with Gasteiger partial charge in [-0.1, -0.05) is 6.07 Å². The van der Waals surface area contributed by atoms with Crippen molar-refractivity contribution in [2.75, 3.05) is 17.6 Å². The van der Waals surface area contributed by atoms with Gasteiger partial charge in [0.15, 0.2) is 9.84 Å². The Balaban J connectivity index is 1.98. The van der Waals surface area contributed by atoms with Gasteiger partial charge in [-0.25, -0.2) is 13.4 Å². The number of aromatic nitrogens is 1. The number of nitrogens with zero attached hydrogens (tertiary/aromatic N) is 1. The monoisotopic (exact) mass is 304 g/mol. The molecule has 1 unspecified atom stereocenters. The van der Waals surface area contributed by atoms with Gasteiger partial charge in [0, 0.05) is 6.54 Å². The van der Waals surface area contributed by atoms with E-state index in [2.05, 4.69) is 26.2 Å². The Bertz CT molecular complexity index is 475. The zero-order valence-electron chi connectivity index (χ0n) is 8.69. The molecule has 0 saturated carbocycles. The standard InChI is InChI=1S/C10H13BrN2O2S/c11-9-4-1-5-10(13-9)12-7-8-3-2-6-16(8,14)15/h1,4-5,8H,2-3,6-7H2,(H,12,13). The maximum Gasteiger partial charge on any atom is 0.154 e. The van der Waals surface area contributed by atoms with Crippen molar-refractivity contribution in [3.63, 3.8) is 0 Å². The summed E-state index contributed by atoms with van der Waals surface area (Å²) in [5, 5.41) is 2.81. The summed E-state index contributed by atoms with van der Waals surface area (Å²) in [4.78, 5) is 4.19. The van der Waals surface area contributed by atoms with E-state index in [0.29, 0.717) is 18.1 Å². The molecule has 88 valence electrons. The first-order valence-corrected chi connectivity index (χ1v) is 7.67. The SMILES string of the molecule is O=S1(=O)CCCC1CNc1cccc(Br)n1. The number of hydrogen-bond acceptors (Lipinski definition) is 4. The lowest BCUT2D eigenvalue weighted by atomic mass is 10.2. The molecule has 1 N–H and O–H groups in total. The fourth-order valence-corrected chi connectivity index (χ4v) is 3.92. The summed E-state index contributed by atoms with van der Waals surface area (Å²) in [6.07, 6.45) is 1.53. The van der Waals surface area contributed by atoms with Crippen LogP contribution in [0.15, 0.2) is 22.8 Å². The van der Waals surface area contributed by atoms with Gasteiger partial charge < -0.3 is 5.32 Å². The van der Waals surface area contributed by atoms with Crippen LogP contribution < -0.4 is 5.32 Å². The van der Waals surface area contributed by atoms with Crippen molar-refractivity contribution < 1.29 is 8.42 Å². The molecule has 0 radical (unpaired) electrons. The number of pyridine rings is 1. The first kappa shape index (κ1) is 11.9. The Hall–Kier alpha value is -0.620. The second-order valence-electron chi connectivity index (χ2n) is 3.86. The highest BCUT2D eigenvalue weighted by molar-refractivity contribution is 9.10. The third kappa shape index (κ3) is 2.74. The molecule has 0 aliphatic carbocycles. The number of halogens is 1. The molecule has 1 aromatic heterocycles. The highest BCUT2D eigenvalue weighted by Gasteiger charge is 2.30. The zero-order valence-corrected chi connectivity index (χ0v) is 11.1. The summed E-state index contributed by atoms with van der Waals surface area (Å²) in [5.41, 5.74) is 0. The predicted octanol–water partition coefficient (Wildman–Crippen LogP) is 1.83. The van der Waals surface area contributed by atoms with Gasteiger partial charge >= 0.3 is 0 Å². The minimum atomic E-state index is -2.87. The van der Waals surface area contributed by atoms with E-state index >= 15 is 0 Å². The van der Waals surface area contributed by atoms with E-state index in [1.807, 2.05) is 18.2 Å². The van der Waals surface area contributed by atoms with Crippen LogP contribution in [0.3, 0.4) is 0 Å². The van der Waals surface area contributed by atoms with Crippen LogP contribution in [0, 0.1) is 0 Å². The highest BCUT2D eigenvalue weighted by atomic mass is 79.9. The number of anilines is 1. The van der Waals surface area contributed by atoms with E-state index in [-0.39, 0.29) is 5.25 Å². The zero-order chi connectivity index (χ0) is 11.6. The molecule has 1 fully saturated rings. The van der Waals surface area contributed by atoms with Gasteiger partial charge in [-0.15, -0.1) is 0 Å². The predicted molar refractivity (Wildman–Crippen MR) is 67.2 cm³/mol. The minimum Gasteiger partial charge on any atom is -0.369 e. The molecule has 0 amide bonds. The number of hydrogen-bond donors (Lipinski definition) is 1. The molecule has 1 aromatic rings. The van der Waals surface area contributed by atoms with E-state index in [4.69, 9.17) is 0 Å². The van der Waals surface area contributed by atoms with Crippen LogP contribution in [-0.4, -0.2) is 30.9 Å². The summed E-state index contributed by atoms with van der Waals surface area (Å²) in [6, 6.07) is 5.52. The molecule has 6 heteroatoms. The van der Waals surface area contributed by atoms with Crippen LogP contribution in [0.4, 0.5) is 5.82 Å². The van der Waals surface area contributed by atoms with Gasteiger partial charge in [-0.3, -0.25) is 0 Å². The van der Waals surface area contributed by atoms with Crippen LogP contribution in [0.1, 0.15) is 12.8 Å². The Kier molecular flexibility index (Phi) is 3.49. The van der Waals surface area contributed by atoms with Crippen LogP contribution in [-0.2, 0) is 9.84 Å². The summed E-state index contributed by atoms with van der Waals surface area (Å²) < 4.78 is 23.9. The van der Waals surface area contributed by atoms with Crippen molar-refractivity contribution in [1.29, 1.82) is 0 Å². The Labute approximate surface area is 104 Å². The maximum absolute atomic E-state index is 11.6. The van der Waals surface area contributed by atoms with Crippen molar-refractivity contribution in [3.8, 4) is 0 Å².